The van der Waals surface area contributed by atoms with E-state index in [4.69, 9.17) is 16.3 Å². The van der Waals surface area contributed by atoms with Crippen LogP contribution in [0.15, 0.2) is 6.07 Å². The van der Waals surface area contributed by atoms with Crippen molar-refractivity contribution >= 4 is 17.4 Å². The fourth-order valence-electron chi connectivity index (χ4n) is 1.29. The van der Waals surface area contributed by atoms with Gasteiger partial charge in [0.1, 0.15) is 16.8 Å². The van der Waals surface area contributed by atoms with E-state index >= 15 is 0 Å². The third-order valence-corrected chi connectivity index (χ3v) is 2.39. The molecule has 1 aromatic heterocycles. The predicted octanol–water partition coefficient (Wildman–Crippen LogP) is 2.91. The first-order valence-electron chi connectivity index (χ1n) is 5.90. The second-order valence-corrected chi connectivity index (χ2v) is 4.73. The lowest BCUT2D eigenvalue weighted by molar-refractivity contribution is 0.132. The minimum absolute atomic E-state index is 0.459. The van der Waals surface area contributed by atoms with Crippen molar-refractivity contribution in [2.75, 3.05) is 25.1 Å². The standard InChI is InChI=1S/C12H20ClN3O/c1-9(2)4-6-17-7-5-14-12-8-11(13)15-10(3)16-12/h8-9H,4-7H2,1-3H3,(H,14,15,16). The number of anilines is 1. The normalized spacial score (nSPS) is 10.9. The van der Waals surface area contributed by atoms with Crippen molar-refractivity contribution in [3.63, 3.8) is 0 Å². The summed E-state index contributed by atoms with van der Waals surface area (Å²) < 4.78 is 5.49. The molecule has 0 aliphatic rings. The summed E-state index contributed by atoms with van der Waals surface area (Å²) in [6, 6.07) is 1.71. The van der Waals surface area contributed by atoms with E-state index in [2.05, 4.69) is 29.1 Å². The Hall–Kier alpha value is -0.870. The molecule has 96 valence electrons. The highest BCUT2D eigenvalue weighted by atomic mass is 35.5. The molecule has 0 spiro atoms. The Kier molecular flexibility index (Phi) is 6.22. The molecule has 1 N–H and O–H groups in total. The van der Waals surface area contributed by atoms with Crippen molar-refractivity contribution in [1.29, 1.82) is 0 Å². The van der Waals surface area contributed by atoms with Crippen molar-refractivity contribution in [1.82, 2.24) is 9.97 Å². The van der Waals surface area contributed by atoms with Gasteiger partial charge in [-0.15, -0.1) is 0 Å². The molecule has 0 amide bonds. The van der Waals surface area contributed by atoms with E-state index in [1.807, 2.05) is 6.92 Å². The molecule has 1 heterocycles. The van der Waals surface area contributed by atoms with Crippen LogP contribution < -0.4 is 5.32 Å². The van der Waals surface area contributed by atoms with Gasteiger partial charge in [-0.25, -0.2) is 9.97 Å². The lowest BCUT2D eigenvalue weighted by atomic mass is 10.1. The molecule has 0 atom stereocenters. The molecule has 0 saturated heterocycles. The third kappa shape index (κ3) is 6.44. The molecular formula is C12H20ClN3O. The van der Waals surface area contributed by atoms with Crippen LogP contribution in [-0.2, 0) is 4.74 Å². The number of halogens is 1. The van der Waals surface area contributed by atoms with Crippen LogP contribution in [0.25, 0.3) is 0 Å². The molecule has 0 unspecified atom stereocenters. The Balaban J connectivity index is 2.18. The molecule has 0 radical (unpaired) electrons. The van der Waals surface area contributed by atoms with Gasteiger partial charge in [-0.1, -0.05) is 25.4 Å². The predicted molar refractivity (Wildman–Crippen MR) is 70.5 cm³/mol. The number of rotatable bonds is 7. The lowest BCUT2D eigenvalue weighted by Gasteiger charge is -2.08. The maximum Gasteiger partial charge on any atom is 0.134 e. The molecule has 0 aromatic carbocycles. The number of hydrogen-bond acceptors (Lipinski definition) is 4. The van der Waals surface area contributed by atoms with Gasteiger partial charge >= 0.3 is 0 Å². The van der Waals surface area contributed by atoms with Gasteiger partial charge in [0.2, 0.25) is 0 Å². The highest BCUT2D eigenvalue weighted by Gasteiger charge is 1.99. The first kappa shape index (κ1) is 14.2. The average Bonchev–Trinajstić information content (AvgIpc) is 2.21. The summed E-state index contributed by atoms with van der Waals surface area (Å²) in [5.74, 6) is 2.10. The van der Waals surface area contributed by atoms with Gasteiger partial charge in [-0.3, -0.25) is 0 Å². The Morgan fingerprint density at radius 2 is 2.12 bits per heavy atom. The molecule has 0 aliphatic carbocycles. The molecule has 0 aliphatic heterocycles. The van der Waals surface area contributed by atoms with Gasteiger partial charge < -0.3 is 10.1 Å². The first-order chi connectivity index (χ1) is 8.08. The number of nitrogens with one attached hydrogen (secondary N) is 1. The topological polar surface area (TPSA) is 47.0 Å². The van der Waals surface area contributed by atoms with Crippen LogP contribution in [0.2, 0.25) is 5.15 Å². The molecule has 0 saturated carbocycles. The van der Waals surface area contributed by atoms with E-state index < -0.39 is 0 Å². The molecule has 4 nitrogen and oxygen atoms in total. The van der Waals surface area contributed by atoms with Crippen molar-refractivity contribution in [3.8, 4) is 0 Å². The van der Waals surface area contributed by atoms with Crippen LogP contribution in [-0.4, -0.2) is 29.7 Å². The molecule has 0 bridgehead atoms. The summed E-state index contributed by atoms with van der Waals surface area (Å²) in [6.45, 7) is 8.40. The van der Waals surface area contributed by atoms with E-state index in [1.165, 1.54) is 0 Å². The fraction of sp³-hybridized carbons (Fsp3) is 0.667. The van der Waals surface area contributed by atoms with Crippen LogP contribution in [0.5, 0.6) is 0 Å². The Labute approximate surface area is 108 Å². The highest BCUT2D eigenvalue weighted by molar-refractivity contribution is 6.29. The number of ether oxygens (including phenoxy) is 1. The van der Waals surface area contributed by atoms with Gasteiger partial charge in [-0.05, 0) is 19.3 Å². The van der Waals surface area contributed by atoms with Gasteiger partial charge in [0, 0.05) is 19.2 Å². The van der Waals surface area contributed by atoms with Crippen LogP contribution in [0, 0.1) is 12.8 Å². The zero-order valence-electron chi connectivity index (χ0n) is 10.7. The average molecular weight is 258 g/mol. The van der Waals surface area contributed by atoms with E-state index in [0.717, 1.165) is 25.4 Å². The summed E-state index contributed by atoms with van der Waals surface area (Å²) in [5, 5.41) is 3.61. The number of hydrogen-bond donors (Lipinski definition) is 1. The van der Waals surface area contributed by atoms with E-state index in [-0.39, 0.29) is 0 Å². The monoisotopic (exact) mass is 257 g/mol. The lowest BCUT2D eigenvalue weighted by Crippen LogP contribution is -2.12. The maximum absolute atomic E-state index is 5.83. The van der Waals surface area contributed by atoms with Crippen molar-refractivity contribution in [2.45, 2.75) is 27.2 Å². The van der Waals surface area contributed by atoms with E-state index in [9.17, 15) is 0 Å². The molecule has 1 aromatic rings. The molecule has 1 rings (SSSR count). The van der Waals surface area contributed by atoms with Crippen LogP contribution in [0.1, 0.15) is 26.1 Å². The molecule has 0 fully saturated rings. The second-order valence-electron chi connectivity index (χ2n) is 4.34. The van der Waals surface area contributed by atoms with Crippen LogP contribution >= 0.6 is 11.6 Å². The number of nitrogens with zero attached hydrogens (tertiary/aromatic N) is 2. The first-order valence-corrected chi connectivity index (χ1v) is 6.28. The van der Waals surface area contributed by atoms with Gasteiger partial charge in [-0.2, -0.15) is 0 Å². The Morgan fingerprint density at radius 1 is 1.35 bits per heavy atom. The minimum atomic E-state index is 0.459. The quantitative estimate of drug-likeness (QED) is 0.603. The van der Waals surface area contributed by atoms with Gasteiger partial charge in [0.15, 0.2) is 0 Å². The zero-order valence-corrected chi connectivity index (χ0v) is 11.4. The zero-order chi connectivity index (χ0) is 12.7. The van der Waals surface area contributed by atoms with Crippen LogP contribution in [0.4, 0.5) is 5.82 Å². The highest BCUT2D eigenvalue weighted by Crippen LogP contribution is 2.10. The number of aromatic nitrogens is 2. The van der Waals surface area contributed by atoms with Gasteiger partial charge in [0.25, 0.3) is 0 Å². The molecule has 17 heavy (non-hydrogen) atoms. The third-order valence-electron chi connectivity index (χ3n) is 2.20. The summed E-state index contributed by atoms with van der Waals surface area (Å²) in [5.41, 5.74) is 0. The summed E-state index contributed by atoms with van der Waals surface area (Å²) in [7, 11) is 0. The van der Waals surface area contributed by atoms with Gasteiger partial charge in [0.05, 0.1) is 6.61 Å². The van der Waals surface area contributed by atoms with Crippen LogP contribution in [0.3, 0.4) is 0 Å². The number of aryl methyl sites for hydroxylation is 1. The summed E-state index contributed by atoms with van der Waals surface area (Å²) in [6.07, 6.45) is 1.10. The maximum atomic E-state index is 5.83. The smallest absolute Gasteiger partial charge is 0.134 e. The van der Waals surface area contributed by atoms with E-state index in [0.29, 0.717) is 23.5 Å². The molecular weight excluding hydrogens is 238 g/mol. The Morgan fingerprint density at radius 3 is 2.76 bits per heavy atom. The Bertz CT molecular complexity index is 324. The van der Waals surface area contributed by atoms with Crippen molar-refractivity contribution < 1.29 is 4.74 Å². The SMILES string of the molecule is Cc1nc(Cl)cc(NCCOCCC(C)C)n1. The second kappa shape index (κ2) is 7.45. The minimum Gasteiger partial charge on any atom is -0.380 e. The largest absolute Gasteiger partial charge is 0.380 e. The van der Waals surface area contributed by atoms with Crippen molar-refractivity contribution in [2.24, 2.45) is 5.92 Å². The molecule has 5 heteroatoms. The van der Waals surface area contributed by atoms with Crippen molar-refractivity contribution in [3.05, 3.63) is 17.0 Å². The summed E-state index contributed by atoms with van der Waals surface area (Å²) in [4.78, 5) is 8.21. The fourth-order valence-corrected chi connectivity index (χ4v) is 1.52. The summed E-state index contributed by atoms with van der Waals surface area (Å²) >= 11 is 5.83. The van der Waals surface area contributed by atoms with E-state index in [1.54, 1.807) is 6.07 Å².